The molecule has 0 radical (unpaired) electrons. The normalized spacial score (nSPS) is 14.1. The lowest BCUT2D eigenvalue weighted by atomic mass is 10.2. The van der Waals surface area contributed by atoms with Crippen molar-refractivity contribution in [1.82, 2.24) is 24.8 Å². The highest BCUT2D eigenvalue weighted by molar-refractivity contribution is 5.76. The fourth-order valence-electron chi connectivity index (χ4n) is 2.37. The van der Waals surface area contributed by atoms with E-state index in [0.29, 0.717) is 44.1 Å². The first-order chi connectivity index (χ1) is 10.2. The van der Waals surface area contributed by atoms with Crippen molar-refractivity contribution < 1.29 is 14.1 Å². The second-order valence-corrected chi connectivity index (χ2v) is 4.95. The van der Waals surface area contributed by atoms with Crippen LogP contribution in [0.5, 0.6) is 5.88 Å². The third-order valence-electron chi connectivity index (χ3n) is 3.45. The van der Waals surface area contributed by atoms with Crippen molar-refractivity contribution in [3.05, 3.63) is 23.5 Å². The number of carbonyl (C=O) groups is 1. The summed E-state index contributed by atoms with van der Waals surface area (Å²) in [6, 6.07) is 1.70. The van der Waals surface area contributed by atoms with Gasteiger partial charge < -0.3 is 14.2 Å². The van der Waals surface area contributed by atoms with Gasteiger partial charge in [0.05, 0.1) is 20.2 Å². The van der Waals surface area contributed by atoms with Gasteiger partial charge in [-0.1, -0.05) is 0 Å². The van der Waals surface area contributed by atoms with Crippen molar-refractivity contribution >= 4 is 5.91 Å². The standard InChI is InChI=1S/C13H17N5O3/c1-9-14-11-8-17(5-6-18(11)15-9)13(19)4-3-10-7-12(20-2)16-21-10/h7H,3-6,8H2,1-2H3. The monoisotopic (exact) mass is 291 g/mol. The van der Waals surface area contributed by atoms with Gasteiger partial charge in [-0.2, -0.15) is 5.10 Å². The zero-order valence-electron chi connectivity index (χ0n) is 12.1. The zero-order chi connectivity index (χ0) is 14.8. The maximum absolute atomic E-state index is 12.2. The molecule has 21 heavy (non-hydrogen) atoms. The molecular formula is C13H17N5O3. The summed E-state index contributed by atoms with van der Waals surface area (Å²) in [5.74, 6) is 2.74. The van der Waals surface area contributed by atoms with Crippen LogP contribution in [0.25, 0.3) is 0 Å². The molecule has 1 aliphatic heterocycles. The Morgan fingerprint density at radius 2 is 2.33 bits per heavy atom. The van der Waals surface area contributed by atoms with E-state index in [1.165, 1.54) is 7.11 Å². The molecule has 0 aliphatic carbocycles. The predicted octanol–water partition coefficient (Wildman–Crippen LogP) is 0.558. The number of nitrogens with zero attached hydrogens (tertiary/aromatic N) is 5. The summed E-state index contributed by atoms with van der Waals surface area (Å²) in [5.41, 5.74) is 0. The predicted molar refractivity (Wildman–Crippen MR) is 71.6 cm³/mol. The van der Waals surface area contributed by atoms with Crippen LogP contribution < -0.4 is 4.74 Å². The van der Waals surface area contributed by atoms with E-state index in [1.807, 2.05) is 11.6 Å². The van der Waals surface area contributed by atoms with Gasteiger partial charge in [0.25, 0.3) is 5.88 Å². The molecule has 112 valence electrons. The molecule has 0 fully saturated rings. The second-order valence-electron chi connectivity index (χ2n) is 4.95. The highest BCUT2D eigenvalue weighted by Crippen LogP contribution is 2.15. The fraction of sp³-hybridized carbons (Fsp3) is 0.538. The SMILES string of the molecule is COc1cc(CCC(=O)N2CCn3nc(C)nc3C2)on1. The number of methoxy groups -OCH3 is 1. The lowest BCUT2D eigenvalue weighted by molar-refractivity contribution is -0.132. The van der Waals surface area contributed by atoms with E-state index < -0.39 is 0 Å². The van der Waals surface area contributed by atoms with Gasteiger partial charge in [-0.05, 0) is 12.1 Å². The molecule has 3 heterocycles. The molecule has 0 saturated carbocycles. The van der Waals surface area contributed by atoms with E-state index in [4.69, 9.17) is 9.26 Å². The van der Waals surface area contributed by atoms with Crippen LogP contribution in [0.4, 0.5) is 0 Å². The first-order valence-electron chi connectivity index (χ1n) is 6.83. The van der Waals surface area contributed by atoms with Gasteiger partial charge >= 0.3 is 0 Å². The molecule has 0 N–H and O–H groups in total. The number of ether oxygens (including phenoxy) is 1. The molecule has 8 heteroatoms. The number of hydrogen-bond donors (Lipinski definition) is 0. The van der Waals surface area contributed by atoms with Gasteiger partial charge in [0, 0.05) is 25.5 Å². The minimum Gasteiger partial charge on any atom is -0.479 e. The highest BCUT2D eigenvalue weighted by Gasteiger charge is 2.22. The Labute approximate surface area is 121 Å². The Morgan fingerprint density at radius 3 is 3.10 bits per heavy atom. The van der Waals surface area contributed by atoms with Gasteiger partial charge in [-0.3, -0.25) is 4.79 Å². The first kappa shape index (κ1) is 13.6. The van der Waals surface area contributed by atoms with Crippen molar-refractivity contribution in [3.8, 4) is 5.88 Å². The van der Waals surface area contributed by atoms with Crippen molar-refractivity contribution in [1.29, 1.82) is 0 Å². The van der Waals surface area contributed by atoms with Crippen LogP contribution in [-0.4, -0.2) is 44.4 Å². The van der Waals surface area contributed by atoms with Crippen LogP contribution in [0.3, 0.4) is 0 Å². The maximum Gasteiger partial charge on any atom is 0.254 e. The van der Waals surface area contributed by atoms with Gasteiger partial charge in [-0.25, -0.2) is 9.67 Å². The largest absolute Gasteiger partial charge is 0.479 e. The molecule has 2 aromatic heterocycles. The average Bonchev–Trinajstić information content (AvgIpc) is 3.08. The molecule has 0 bridgehead atoms. The number of aromatic nitrogens is 4. The Morgan fingerprint density at radius 1 is 1.48 bits per heavy atom. The maximum atomic E-state index is 12.2. The van der Waals surface area contributed by atoms with Gasteiger partial charge in [0.2, 0.25) is 5.91 Å². The molecule has 0 aromatic carbocycles. The summed E-state index contributed by atoms with van der Waals surface area (Å²) in [6.07, 6.45) is 0.892. The summed E-state index contributed by atoms with van der Waals surface area (Å²) >= 11 is 0. The van der Waals surface area contributed by atoms with E-state index in [0.717, 1.165) is 11.6 Å². The van der Waals surface area contributed by atoms with Crippen LogP contribution in [0, 0.1) is 6.92 Å². The summed E-state index contributed by atoms with van der Waals surface area (Å²) in [5, 5.41) is 8.00. The lowest BCUT2D eigenvalue weighted by Gasteiger charge is -2.26. The molecule has 0 saturated heterocycles. The number of rotatable bonds is 4. The number of aryl methyl sites for hydroxylation is 2. The van der Waals surface area contributed by atoms with Crippen LogP contribution in [0.15, 0.2) is 10.6 Å². The van der Waals surface area contributed by atoms with E-state index in [9.17, 15) is 4.79 Å². The number of fused-ring (bicyclic) bond motifs is 1. The molecular weight excluding hydrogens is 274 g/mol. The number of carbonyl (C=O) groups excluding carboxylic acids is 1. The summed E-state index contributed by atoms with van der Waals surface area (Å²) < 4.78 is 11.9. The van der Waals surface area contributed by atoms with E-state index >= 15 is 0 Å². The molecule has 0 spiro atoms. The Balaban J connectivity index is 1.56. The molecule has 8 nitrogen and oxygen atoms in total. The Bertz CT molecular complexity index is 648. The summed E-state index contributed by atoms with van der Waals surface area (Å²) in [7, 11) is 1.53. The van der Waals surface area contributed by atoms with Crippen LogP contribution in [0.2, 0.25) is 0 Å². The molecule has 2 aromatic rings. The van der Waals surface area contributed by atoms with Crippen LogP contribution >= 0.6 is 0 Å². The third-order valence-corrected chi connectivity index (χ3v) is 3.45. The number of amides is 1. The molecule has 0 atom stereocenters. The van der Waals surface area contributed by atoms with Crippen LogP contribution in [0.1, 0.15) is 23.8 Å². The molecule has 1 aliphatic rings. The van der Waals surface area contributed by atoms with Crippen molar-refractivity contribution in [2.24, 2.45) is 0 Å². The lowest BCUT2D eigenvalue weighted by Crippen LogP contribution is -2.38. The average molecular weight is 291 g/mol. The highest BCUT2D eigenvalue weighted by atomic mass is 16.5. The summed E-state index contributed by atoms with van der Waals surface area (Å²) in [6.45, 7) is 3.72. The van der Waals surface area contributed by atoms with E-state index in [-0.39, 0.29) is 5.91 Å². The Kier molecular flexibility index (Phi) is 3.59. The van der Waals surface area contributed by atoms with Crippen LogP contribution in [-0.2, 0) is 24.3 Å². The van der Waals surface area contributed by atoms with Gasteiger partial charge in [0.15, 0.2) is 0 Å². The van der Waals surface area contributed by atoms with E-state index in [2.05, 4.69) is 15.2 Å². The third kappa shape index (κ3) is 2.88. The summed E-state index contributed by atoms with van der Waals surface area (Å²) in [4.78, 5) is 18.4. The number of hydrogen-bond acceptors (Lipinski definition) is 6. The van der Waals surface area contributed by atoms with Gasteiger partial charge in [0.1, 0.15) is 17.4 Å². The van der Waals surface area contributed by atoms with Crippen molar-refractivity contribution in [3.63, 3.8) is 0 Å². The zero-order valence-corrected chi connectivity index (χ0v) is 12.1. The van der Waals surface area contributed by atoms with Crippen molar-refractivity contribution in [2.75, 3.05) is 13.7 Å². The minimum atomic E-state index is 0.0808. The smallest absolute Gasteiger partial charge is 0.254 e. The topological polar surface area (TPSA) is 86.3 Å². The fourth-order valence-corrected chi connectivity index (χ4v) is 2.37. The Hall–Kier alpha value is -2.38. The van der Waals surface area contributed by atoms with Crippen molar-refractivity contribution in [2.45, 2.75) is 32.9 Å². The molecule has 0 unspecified atom stereocenters. The molecule has 1 amide bonds. The molecule has 3 rings (SSSR count). The quantitative estimate of drug-likeness (QED) is 0.818. The van der Waals surface area contributed by atoms with E-state index in [1.54, 1.807) is 11.0 Å². The first-order valence-corrected chi connectivity index (χ1v) is 6.83. The second kappa shape index (κ2) is 5.55. The van der Waals surface area contributed by atoms with Gasteiger partial charge in [-0.15, -0.1) is 0 Å². The minimum absolute atomic E-state index is 0.0808.